The van der Waals surface area contributed by atoms with Crippen LogP contribution in [0.1, 0.15) is 67.3 Å². The van der Waals surface area contributed by atoms with Crippen molar-refractivity contribution >= 4 is 11.9 Å². The molecule has 1 aromatic rings. The van der Waals surface area contributed by atoms with Crippen LogP contribution in [-0.2, 0) is 17.6 Å². The molecule has 0 saturated heterocycles. The molecule has 0 bridgehead atoms. The molecule has 1 aliphatic rings. The van der Waals surface area contributed by atoms with Crippen LogP contribution in [-0.4, -0.2) is 28.2 Å². The van der Waals surface area contributed by atoms with Crippen molar-refractivity contribution in [3.05, 3.63) is 17.0 Å². The standard InChI is InChI=1S/C15H22N2O4/c1-2-3-8-11(15(19)20)16-14(18)13-10-7-5-4-6-9-12(10)21-17-13/h11H,2-9H2,1H3,(H,16,18)(H,19,20)/t11-/m0/s1. The van der Waals surface area contributed by atoms with Gasteiger partial charge in [-0.25, -0.2) is 4.79 Å². The number of rotatable bonds is 6. The Bertz CT molecular complexity index is 510. The summed E-state index contributed by atoms with van der Waals surface area (Å²) in [6, 6.07) is -0.865. The lowest BCUT2D eigenvalue weighted by Gasteiger charge is -2.13. The average Bonchev–Trinajstić information content (AvgIpc) is 2.72. The lowest BCUT2D eigenvalue weighted by molar-refractivity contribution is -0.139. The van der Waals surface area contributed by atoms with Crippen molar-refractivity contribution < 1.29 is 19.2 Å². The van der Waals surface area contributed by atoms with E-state index in [1.54, 1.807) is 0 Å². The Morgan fingerprint density at radius 3 is 2.81 bits per heavy atom. The van der Waals surface area contributed by atoms with Gasteiger partial charge >= 0.3 is 5.97 Å². The molecule has 116 valence electrons. The number of nitrogens with one attached hydrogen (secondary N) is 1. The topological polar surface area (TPSA) is 92.4 Å². The Morgan fingerprint density at radius 1 is 1.33 bits per heavy atom. The Kier molecular flexibility index (Phi) is 5.36. The van der Waals surface area contributed by atoms with Crippen LogP contribution in [0.2, 0.25) is 0 Å². The predicted molar refractivity (Wildman–Crippen MR) is 76.2 cm³/mol. The molecule has 6 heteroatoms. The molecule has 1 heterocycles. The molecule has 1 amide bonds. The quantitative estimate of drug-likeness (QED) is 0.785. The van der Waals surface area contributed by atoms with E-state index in [4.69, 9.17) is 4.52 Å². The van der Waals surface area contributed by atoms with Crippen LogP contribution in [0.25, 0.3) is 0 Å². The van der Waals surface area contributed by atoms with E-state index in [0.717, 1.165) is 56.3 Å². The van der Waals surface area contributed by atoms with E-state index in [0.29, 0.717) is 6.42 Å². The van der Waals surface area contributed by atoms with Gasteiger partial charge in [0, 0.05) is 12.0 Å². The SMILES string of the molecule is CCCC[C@H](NC(=O)c1noc2c1CCCCC2)C(=O)O. The van der Waals surface area contributed by atoms with E-state index < -0.39 is 17.9 Å². The van der Waals surface area contributed by atoms with Gasteiger partial charge in [-0.05, 0) is 25.7 Å². The maximum Gasteiger partial charge on any atom is 0.326 e. The molecule has 6 nitrogen and oxygen atoms in total. The number of amides is 1. The van der Waals surface area contributed by atoms with Crippen LogP contribution >= 0.6 is 0 Å². The minimum absolute atomic E-state index is 0.259. The first-order valence-electron chi connectivity index (χ1n) is 7.64. The fourth-order valence-electron chi connectivity index (χ4n) is 2.63. The van der Waals surface area contributed by atoms with Gasteiger partial charge in [-0.3, -0.25) is 4.79 Å². The van der Waals surface area contributed by atoms with Crippen molar-refractivity contribution in [2.24, 2.45) is 0 Å². The molecule has 0 aliphatic heterocycles. The number of aryl methyl sites for hydroxylation is 1. The second-order valence-corrected chi connectivity index (χ2v) is 5.50. The summed E-state index contributed by atoms with van der Waals surface area (Å²) in [4.78, 5) is 23.5. The Hall–Kier alpha value is -1.85. The third kappa shape index (κ3) is 3.83. The zero-order valence-corrected chi connectivity index (χ0v) is 12.4. The van der Waals surface area contributed by atoms with E-state index in [1.807, 2.05) is 6.92 Å². The van der Waals surface area contributed by atoms with Crippen LogP contribution in [0.3, 0.4) is 0 Å². The fraction of sp³-hybridized carbons (Fsp3) is 0.667. The van der Waals surface area contributed by atoms with Crippen LogP contribution in [0.15, 0.2) is 4.52 Å². The highest BCUT2D eigenvalue weighted by Gasteiger charge is 2.26. The van der Waals surface area contributed by atoms with Gasteiger partial charge < -0.3 is 14.9 Å². The Balaban J connectivity index is 2.09. The van der Waals surface area contributed by atoms with Gasteiger partial charge in [-0.15, -0.1) is 0 Å². The third-order valence-electron chi connectivity index (χ3n) is 3.87. The van der Waals surface area contributed by atoms with Gasteiger partial charge in [-0.2, -0.15) is 0 Å². The maximum atomic E-state index is 12.3. The number of hydrogen-bond acceptors (Lipinski definition) is 4. The average molecular weight is 294 g/mol. The zero-order chi connectivity index (χ0) is 15.2. The highest BCUT2D eigenvalue weighted by atomic mass is 16.5. The molecule has 21 heavy (non-hydrogen) atoms. The molecule has 0 radical (unpaired) electrons. The second kappa shape index (κ2) is 7.24. The molecule has 0 unspecified atom stereocenters. The van der Waals surface area contributed by atoms with Gasteiger partial charge in [0.25, 0.3) is 5.91 Å². The molecule has 2 rings (SSSR count). The van der Waals surface area contributed by atoms with E-state index in [9.17, 15) is 14.7 Å². The van der Waals surface area contributed by atoms with E-state index in [1.165, 1.54) is 0 Å². The number of aromatic nitrogens is 1. The first kappa shape index (κ1) is 15.5. The number of carboxylic acid groups (broad SMARTS) is 1. The minimum Gasteiger partial charge on any atom is -0.480 e. The van der Waals surface area contributed by atoms with Crippen molar-refractivity contribution in [2.75, 3.05) is 0 Å². The van der Waals surface area contributed by atoms with Gasteiger partial charge in [-0.1, -0.05) is 31.3 Å². The number of carbonyl (C=O) groups excluding carboxylic acids is 1. The van der Waals surface area contributed by atoms with Crippen LogP contribution in [0, 0.1) is 0 Å². The van der Waals surface area contributed by atoms with Crippen LogP contribution in [0.4, 0.5) is 0 Å². The molecule has 1 aromatic heterocycles. The first-order valence-corrected chi connectivity index (χ1v) is 7.64. The number of carboxylic acids is 1. The Labute approximate surface area is 123 Å². The van der Waals surface area contributed by atoms with Gasteiger partial charge in [0.15, 0.2) is 5.69 Å². The molecule has 1 atom stereocenters. The summed E-state index contributed by atoms with van der Waals surface area (Å²) >= 11 is 0. The van der Waals surface area contributed by atoms with E-state index in [2.05, 4.69) is 10.5 Å². The van der Waals surface area contributed by atoms with Gasteiger partial charge in [0.1, 0.15) is 11.8 Å². The van der Waals surface area contributed by atoms with Crippen LogP contribution in [0.5, 0.6) is 0 Å². The number of nitrogens with zero attached hydrogens (tertiary/aromatic N) is 1. The summed E-state index contributed by atoms with van der Waals surface area (Å²) in [6.07, 6.45) is 6.80. The monoisotopic (exact) mass is 294 g/mol. The normalized spacial score (nSPS) is 15.9. The molecule has 0 fully saturated rings. The summed E-state index contributed by atoms with van der Waals surface area (Å²) in [6.45, 7) is 1.98. The molecular weight excluding hydrogens is 272 g/mol. The highest BCUT2D eigenvalue weighted by Crippen LogP contribution is 2.23. The number of hydrogen-bond donors (Lipinski definition) is 2. The van der Waals surface area contributed by atoms with Crippen molar-refractivity contribution in [3.63, 3.8) is 0 Å². The number of aliphatic carboxylic acids is 1. The van der Waals surface area contributed by atoms with E-state index >= 15 is 0 Å². The summed E-state index contributed by atoms with van der Waals surface area (Å²) in [5.74, 6) is -0.671. The molecule has 0 saturated carbocycles. The van der Waals surface area contributed by atoms with Crippen LogP contribution < -0.4 is 5.32 Å². The van der Waals surface area contributed by atoms with Gasteiger partial charge in [0.05, 0.1) is 0 Å². The summed E-state index contributed by atoms with van der Waals surface area (Å²) in [5.41, 5.74) is 1.11. The van der Waals surface area contributed by atoms with Gasteiger partial charge in [0.2, 0.25) is 0 Å². The number of carbonyl (C=O) groups is 2. The molecule has 1 aliphatic carbocycles. The number of unbranched alkanes of at least 4 members (excludes halogenated alkanes) is 1. The van der Waals surface area contributed by atoms with Crippen molar-refractivity contribution in [2.45, 2.75) is 64.3 Å². The molecule has 0 aromatic carbocycles. The molecule has 2 N–H and O–H groups in total. The highest BCUT2D eigenvalue weighted by molar-refractivity contribution is 5.96. The Morgan fingerprint density at radius 2 is 2.10 bits per heavy atom. The van der Waals surface area contributed by atoms with Crippen molar-refractivity contribution in [1.29, 1.82) is 0 Å². The molecule has 0 spiro atoms. The second-order valence-electron chi connectivity index (χ2n) is 5.50. The van der Waals surface area contributed by atoms with E-state index in [-0.39, 0.29) is 5.69 Å². The summed E-state index contributed by atoms with van der Waals surface area (Å²) in [5, 5.41) is 15.6. The van der Waals surface area contributed by atoms with Crippen molar-refractivity contribution in [1.82, 2.24) is 10.5 Å². The number of fused-ring (bicyclic) bond motifs is 1. The summed E-state index contributed by atoms with van der Waals surface area (Å²) in [7, 11) is 0. The largest absolute Gasteiger partial charge is 0.480 e. The smallest absolute Gasteiger partial charge is 0.326 e. The first-order chi connectivity index (χ1) is 10.1. The third-order valence-corrected chi connectivity index (χ3v) is 3.87. The fourth-order valence-corrected chi connectivity index (χ4v) is 2.63. The summed E-state index contributed by atoms with van der Waals surface area (Å²) < 4.78 is 5.25. The lowest BCUT2D eigenvalue weighted by atomic mass is 10.1. The molecular formula is C15H22N2O4. The maximum absolute atomic E-state index is 12.3. The zero-order valence-electron chi connectivity index (χ0n) is 12.4. The minimum atomic E-state index is -1.01. The predicted octanol–water partition coefficient (Wildman–Crippen LogP) is 2.32. The van der Waals surface area contributed by atoms with Crippen molar-refractivity contribution in [3.8, 4) is 0 Å². The lowest BCUT2D eigenvalue weighted by Crippen LogP contribution is -2.41.